The standard InChI is InChI=1S/C17H29N3O/c1-4-7-15-10-14(12-18-5-2)11-17(19-15)20-9-6-8-16(13-20)21-3/h10-11,16,18H,4-9,12-13H2,1-3H3. The molecule has 1 aromatic heterocycles. The Kier molecular flexibility index (Phi) is 6.46. The van der Waals surface area contributed by atoms with Crippen LogP contribution in [-0.4, -0.2) is 37.8 Å². The Morgan fingerprint density at radius 3 is 2.95 bits per heavy atom. The molecule has 0 amide bonds. The van der Waals surface area contributed by atoms with Crippen LogP contribution in [0.3, 0.4) is 0 Å². The van der Waals surface area contributed by atoms with Crippen molar-refractivity contribution < 1.29 is 4.74 Å². The molecule has 1 atom stereocenters. The summed E-state index contributed by atoms with van der Waals surface area (Å²) in [6.45, 7) is 8.31. The molecule has 1 N–H and O–H groups in total. The van der Waals surface area contributed by atoms with Crippen LogP contribution in [0.25, 0.3) is 0 Å². The predicted octanol–water partition coefficient (Wildman–Crippen LogP) is 2.76. The summed E-state index contributed by atoms with van der Waals surface area (Å²) in [6, 6.07) is 4.48. The van der Waals surface area contributed by atoms with Gasteiger partial charge in [0.15, 0.2) is 0 Å². The summed E-state index contributed by atoms with van der Waals surface area (Å²) in [6.07, 6.45) is 4.87. The zero-order valence-electron chi connectivity index (χ0n) is 13.7. The van der Waals surface area contributed by atoms with E-state index >= 15 is 0 Å². The van der Waals surface area contributed by atoms with Crippen LogP contribution in [0.2, 0.25) is 0 Å². The molecule has 0 aliphatic carbocycles. The molecular weight excluding hydrogens is 262 g/mol. The lowest BCUT2D eigenvalue weighted by Gasteiger charge is -2.33. The monoisotopic (exact) mass is 291 g/mol. The Bertz CT molecular complexity index is 436. The molecule has 1 aliphatic heterocycles. The molecule has 21 heavy (non-hydrogen) atoms. The Hall–Kier alpha value is -1.13. The van der Waals surface area contributed by atoms with Gasteiger partial charge in [0.05, 0.1) is 6.10 Å². The number of anilines is 1. The largest absolute Gasteiger partial charge is 0.380 e. The fraction of sp³-hybridized carbons (Fsp3) is 0.706. The molecule has 0 saturated carbocycles. The van der Waals surface area contributed by atoms with Gasteiger partial charge in [0.25, 0.3) is 0 Å². The van der Waals surface area contributed by atoms with Gasteiger partial charge in [-0.3, -0.25) is 0 Å². The first-order valence-corrected chi connectivity index (χ1v) is 8.25. The van der Waals surface area contributed by atoms with Crippen molar-refractivity contribution in [3.8, 4) is 0 Å². The normalized spacial score (nSPS) is 19.0. The second kappa shape index (κ2) is 8.35. The minimum Gasteiger partial charge on any atom is -0.380 e. The summed E-state index contributed by atoms with van der Waals surface area (Å²) in [4.78, 5) is 7.25. The zero-order valence-corrected chi connectivity index (χ0v) is 13.7. The Labute approximate surface area is 128 Å². The predicted molar refractivity (Wildman–Crippen MR) is 87.9 cm³/mol. The molecule has 4 nitrogen and oxygen atoms in total. The Morgan fingerprint density at radius 1 is 1.38 bits per heavy atom. The lowest BCUT2D eigenvalue weighted by Crippen LogP contribution is -2.39. The highest BCUT2D eigenvalue weighted by Crippen LogP contribution is 2.21. The molecule has 0 bridgehead atoms. The summed E-state index contributed by atoms with van der Waals surface area (Å²) in [5.74, 6) is 1.12. The summed E-state index contributed by atoms with van der Waals surface area (Å²) in [7, 11) is 1.81. The van der Waals surface area contributed by atoms with Crippen LogP contribution in [0.5, 0.6) is 0 Å². The number of aryl methyl sites for hydroxylation is 1. The van der Waals surface area contributed by atoms with Crippen LogP contribution in [-0.2, 0) is 17.7 Å². The number of nitrogens with one attached hydrogen (secondary N) is 1. The molecule has 1 unspecified atom stereocenters. The van der Waals surface area contributed by atoms with E-state index in [2.05, 4.69) is 36.2 Å². The molecule has 0 aromatic carbocycles. The first-order chi connectivity index (χ1) is 10.3. The fourth-order valence-corrected chi connectivity index (χ4v) is 2.89. The van der Waals surface area contributed by atoms with Gasteiger partial charge in [-0.1, -0.05) is 20.3 Å². The van der Waals surface area contributed by atoms with Crippen molar-refractivity contribution >= 4 is 5.82 Å². The molecule has 1 fully saturated rings. The second-order valence-electron chi connectivity index (χ2n) is 5.80. The number of pyridine rings is 1. The smallest absolute Gasteiger partial charge is 0.129 e. The lowest BCUT2D eigenvalue weighted by molar-refractivity contribution is 0.0891. The van der Waals surface area contributed by atoms with Crippen LogP contribution in [0, 0.1) is 0 Å². The second-order valence-corrected chi connectivity index (χ2v) is 5.80. The Morgan fingerprint density at radius 2 is 2.24 bits per heavy atom. The van der Waals surface area contributed by atoms with E-state index in [4.69, 9.17) is 9.72 Å². The molecule has 0 spiro atoms. The van der Waals surface area contributed by atoms with Gasteiger partial charge in [0, 0.05) is 32.4 Å². The number of methoxy groups -OCH3 is 1. The molecule has 1 aliphatic rings. The highest BCUT2D eigenvalue weighted by molar-refractivity contribution is 5.43. The maximum Gasteiger partial charge on any atom is 0.129 e. The van der Waals surface area contributed by atoms with Gasteiger partial charge in [-0.05, 0) is 43.5 Å². The van der Waals surface area contributed by atoms with Gasteiger partial charge in [0.2, 0.25) is 0 Å². The number of ether oxygens (including phenoxy) is 1. The van der Waals surface area contributed by atoms with Crippen molar-refractivity contribution in [2.45, 2.75) is 52.2 Å². The minimum absolute atomic E-state index is 0.340. The van der Waals surface area contributed by atoms with Crippen LogP contribution < -0.4 is 10.2 Å². The van der Waals surface area contributed by atoms with Gasteiger partial charge < -0.3 is 15.0 Å². The number of piperidine rings is 1. The van der Waals surface area contributed by atoms with Crippen LogP contribution in [0.15, 0.2) is 12.1 Å². The van der Waals surface area contributed by atoms with E-state index < -0.39 is 0 Å². The highest BCUT2D eigenvalue weighted by Gasteiger charge is 2.21. The van der Waals surface area contributed by atoms with Crippen LogP contribution in [0.4, 0.5) is 5.82 Å². The summed E-state index contributed by atoms with van der Waals surface area (Å²) in [5.41, 5.74) is 2.55. The van der Waals surface area contributed by atoms with Crippen molar-refractivity contribution in [3.63, 3.8) is 0 Å². The quantitative estimate of drug-likeness (QED) is 0.838. The van der Waals surface area contributed by atoms with Crippen LogP contribution >= 0.6 is 0 Å². The van der Waals surface area contributed by atoms with E-state index in [9.17, 15) is 0 Å². The van der Waals surface area contributed by atoms with E-state index in [-0.39, 0.29) is 0 Å². The number of aromatic nitrogens is 1. The maximum absolute atomic E-state index is 5.53. The summed E-state index contributed by atoms with van der Waals surface area (Å²) in [5, 5.41) is 3.41. The summed E-state index contributed by atoms with van der Waals surface area (Å²) >= 11 is 0. The number of hydrogen-bond acceptors (Lipinski definition) is 4. The third-order valence-electron chi connectivity index (χ3n) is 4.05. The molecule has 118 valence electrons. The van der Waals surface area contributed by atoms with Gasteiger partial charge in [-0.25, -0.2) is 4.98 Å². The van der Waals surface area contributed by atoms with Gasteiger partial charge in [-0.2, -0.15) is 0 Å². The Balaban J connectivity index is 2.17. The minimum atomic E-state index is 0.340. The van der Waals surface area contributed by atoms with E-state index in [0.29, 0.717) is 6.10 Å². The van der Waals surface area contributed by atoms with Crippen molar-refractivity contribution in [3.05, 3.63) is 23.4 Å². The maximum atomic E-state index is 5.53. The molecule has 2 heterocycles. The third kappa shape index (κ3) is 4.68. The van der Waals surface area contributed by atoms with Crippen molar-refractivity contribution in [2.75, 3.05) is 31.6 Å². The lowest BCUT2D eigenvalue weighted by atomic mass is 10.1. The first-order valence-electron chi connectivity index (χ1n) is 8.25. The van der Waals surface area contributed by atoms with E-state index in [0.717, 1.165) is 51.3 Å². The first kappa shape index (κ1) is 16.2. The zero-order chi connectivity index (χ0) is 15.1. The van der Waals surface area contributed by atoms with E-state index in [1.807, 2.05) is 7.11 Å². The number of nitrogens with zero attached hydrogens (tertiary/aromatic N) is 2. The van der Waals surface area contributed by atoms with Crippen molar-refractivity contribution in [2.24, 2.45) is 0 Å². The average molecular weight is 291 g/mol. The average Bonchev–Trinajstić information content (AvgIpc) is 2.53. The molecule has 4 heteroatoms. The molecule has 2 rings (SSSR count). The number of hydrogen-bond donors (Lipinski definition) is 1. The highest BCUT2D eigenvalue weighted by atomic mass is 16.5. The van der Waals surface area contributed by atoms with Gasteiger partial charge in [-0.15, -0.1) is 0 Å². The molecule has 1 saturated heterocycles. The topological polar surface area (TPSA) is 37.4 Å². The number of rotatable bonds is 7. The van der Waals surface area contributed by atoms with Crippen molar-refractivity contribution in [1.82, 2.24) is 10.3 Å². The fourth-order valence-electron chi connectivity index (χ4n) is 2.89. The van der Waals surface area contributed by atoms with Crippen molar-refractivity contribution in [1.29, 1.82) is 0 Å². The SMILES string of the molecule is CCCc1cc(CNCC)cc(N2CCCC(OC)C2)n1. The van der Waals surface area contributed by atoms with E-state index in [1.54, 1.807) is 0 Å². The summed E-state index contributed by atoms with van der Waals surface area (Å²) < 4.78 is 5.53. The van der Waals surface area contributed by atoms with Crippen LogP contribution in [0.1, 0.15) is 44.4 Å². The van der Waals surface area contributed by atoms with E-state index in [1.165, 1.54) is 17.7 Å². The molecule has 1 aromatic rings. The molecule has 0 radical (unpaired) electrons. The van der Waals surface area contributed by atoms with Gasteiger partial charge in [0.1, 0.15) is 5.82 Å². The van der Waals surface area contributed by atoms with Gasteiger partial charge >= 0.3 is 0 Å². The third-order valence-corrected chi connectivity index (χ3v) is 4.05. The molecular formula is C17H29N3O.